The smallest absolute Gasteiger partial charge is 0.314 e. The largest absolute Gasteiger partial charge is 0.502 e. The van der Waals surface area contributed by atoms with Gasteiger partial charge < -0.3 is 14.7 Å². The van der Waals surface area contributed by atoms with Crippen LogP contribution in [0.4, 0.5) is 11.4 Å². The predicted molar refractivity (Wildman–Crippen MR) is 62.9 cm³/mol. The molecule has 1 amide bonds. The monoisotopic (exact) mass is 252 g/mol. The number of rotatable bonds is 2. The fraction of sp³-hybridized carbons (Fsp3) is 0.364. The second-order valence-corrected chi connectivity index (χ2v) is 4.21. The molecule has 7 heteroatoms. The fourth-order valence-electron chi connectivity index (χ4n) is 1.91. The van der Waals surface area contributed by atoms with Gasteiger partial charge in [0.05, 0.1) is 16.7 Å². The molecular weight excluding hydrogens is 240 g/mol. The third-order valence-corrected chi connectivity index (χ3v) is 2.65. The van der Waals surface area contributed by atoms with E-state index in [0.717, 1.165) is 6.07 Å². The topological polar surface area (TPSA) is 92.9 Å². The average molecular weight is 252 g/mol. The summed E-state index contributed by atoms with van der Waals surface area (Å²) in [6.45, 7) is 3.46. The number of aromatic hydroxyl groups is 1. The lowest BCUT2D eigenvalue weighted by Gasteiger charge is -2.32. The van der Waals surface area contributed by atoms with Gasteiger partial charge in [0.2, 0.25) is 0 Å². The van der Waals surface area contributed by atoms with Gasteiger partial charge in [-0.25, -0.2) is 0 Å². The zero-order chi connectivity index (χ0) is 13.4. The molecule has 1 aliphatic heterocycles. The Morgan fingerprint density at radius 3 is 2.72 bits per heavy atom. The standard InChI is InChI=1S/C11H12N2O5/c1-6(2)12-8-3-9(14)7(13(16)17)4-10(8)18-5-11(12)15/h3-4,6,14H,5H2,1-2H3. The predicted octanol–water partition coefficient (Wildman–Crippen LogP) is 1.43. The Morgan fingerprint density at radius 1 is 1.50 bits per heavy atom. The SMILES string of the molecule is CC(C)N1C(=O)COc2cc([N+](=O)[O-])c(O)cc21. The van der Waals surface area contributed by atoms with Gasteiger partial charge in [0.15, 0.2) is 18.1 Å². The number of anilines is 1. The highest BCUT2D eigenvalue weighted by Crippen LogP contribution is 2.41. The number of nitro groups is 1. The molecule has 0 spiro atoms. The molecule has 96 valence electrons. The van der Waals surface area contributed by atoms with Gasteiger partial charge >= 0.3 is 5.69 Å². The van der Waals surface area contributed by atoms with E-state index in [-0.39, 0.29) is 24.3 Å². The molecule has 0 saturated heterocycles. The van der Waals surface area contributed by atoms with Crippen molar-refractivity contribution in [1.29, 1.82) is 0 Å². The van der Waals surface area contributed by atoms with Crippen LogP contribution in [-0.4, -0.2) is 28.6 Å². The molecule has 18 heavy (non-hydrogen) atoms. The number of amides is 1. The Morgan fingerprint density at radius 2 is 2.17 bits per heavy atom. The minimum Gasteiger partial charge on any atom is -0.502 e. The Hall–Kier alpha value is -2.31. The number of phenols is 1. The molecule has 0 aromatic heterocycles. The molecule has 1 N–H and O–H groups in total. The van der Waals surface area contributed by atoms with Crippen LogP contribution in [0.3, 0.4) is 0 Å². The molecule has 0 unspecified atom stereocenters. The van der Waals surface area contributed by atoms with Crippen molar-refractivity contribution in [3.05, 3.63) is 22.2 Å². The lowest BCUT2D eigenvalue weighted by atomic mass is 10.1. The minimum absolute atomic E-state index is 0.124. The van der Waals surface area contributed by atoms with Gasteiger partial charge in [0, 0.05) is 12.1 Å². The first kappa shape index (κ1) is 12.2. The highest BCUT2D eigenvalue weighted by Gasteiger charge is 2.31. The van der Waals surface area contributed by atoms with Gasteiger partial charge in [-0.05, 0) is 13.8 Å². The summed E-state index contributed by atoms with van der Waals surface area (Å²) in [5, 5.41) is 20.3. The van der Waals surface area contributed by atoms with Gasteiger partial charge in [-0.15, -0.1) is 0 Å². The fourth-order valence-corrected chi connectivity index (χ4v) is 1.91. The van der Waals surface area contributed by atoms with E-state index in [0.29, 0.717) is 5.69 Å². The maximum absolute atomic E-state index is 11.7. The van der Waals surface area contributed by atoms with Gasteiger partial charge in [-0.2, -0.15) is 0 Å². The van der Waals surface area contributed by atoms with Crippen molar-refractivity contribution in [1.82, 2.24) is 0 Å². The van der Waals surface area contributed by atoms with Gasteiger partial charge in [-0.1, -0.05) is 0 Å². The average Bonchev–Trinajstić information content (AvgIpc) is 2.26. The summed E-state index contributed by atoms with van der Waals surface area (Å²) in [4.78, 5) is 23.2. The van der Waals surface area contributed by atoms with Crippen LogP contribution in [0.1, 0.15) is 13.8 Å². The van der Waals surface area contributed by atoms with E-state index < -0.39 is 16.4 Å². The zero-order valence-electron chi connectivity index (χ0n) is 9.91. The summed E-state index contributed by atoms with van der Waals surface area (Å²) in [6, 6.07) is 2.19. The highest BCUT2D eigenvalue weighted by molar-refractivity contribution is 5.98. The number of carbonyl (C=O) groups excluding carboxylic acids is 1. The molecular formula is C11H12N2O5. The van der Waals surface area contributed by atoms with E-state index in [2.05, 4.69) is 0 Å². The number of fused-ring (bicyclic) bond motifs is 1. The van der Waals surface area contributed by atoms with E-state index in [4.69, 9.17) is 4.74 Å². The maximum atomic E-state index is 11.7. The quantitative estimate of drug-likeness (QED) is 0.634. The molecule has 0 aliphatic carbocycles. The van der Waals surface area contributed by atoms with Crippen LogP contribution in [0.25, 0.3) is 0 Å². The molecule has 0 saturated carbocycles. The van der Waals surface area contributed by atoms with Crippen LogP contribution in [0.2, 0.25) is 0 Å². The van der Waals surface area contributed by atoms with Crippen molar-refractivity contribution in [2.75, 3.05) is 11.5 Å². The summed E-state index contributed by atoms with van der Waals surface area (Å²) >= 11 is 0. The lowest BCUT2D eigenvalue weighted by Crippen LogP contribution is -2.43. The van der Waals surface area contributed by atoms with E-state index >= 15 is 0 Å². The number of nitro benzene ring substituents is 1. The van der Waals surface area contributed by atoms with Crippen LogP contribution in [-0.2, 0) is 4.79 Å². The van der Waals surface area contributed by atoms with Gasteiger partial charge in [-0.3, -0.25) is 14.9 Å². The Bertz CT molecular complexity index is 526. The summed E-state index contributed by atoms with van der Waals surface area (Å²) in [7, 11) is 0. The highest BCUT2D eigenvalue weighted by atomic mass is 16.6. The summed E-state index contributed by atoms with van der Waals surface area (Å²) in [5.41, 5.74) is -0.0869. The Balaban J connectivity index is 2.57. The van der Waals surface area contributed by atoms with Gasteiger partial charge in [0.1, 0.15) is 0 Å². The van der Waals surface area contributed by atoms with Gasteiger partial charge in [0.25, 0.3) is 5.91 Å². The third-order valence-electron chi connectivity index (χ3n) is 2.65. The van der Waals surface area contributed by atoms with Crippen molar-refractivity contribution in [3.8, 4) is 11.5 Å². The molecule has 2 rings (SSSR count). The third kappa shape index (κ3) is 1.83. The first-order valence-corrected chi connectivity index (χ1v) is 5.38. The summed E-state index contributed by atoms with van der Waals surface area (Å²) < 4.78 is 5.16. The molecule has 0 atom stereocenters. The first-order valence-electron chi connectivity index (χ1n) is 5.38. The van der Waals surface area contributed by atoms with E-state index in [9.17, 15) is 20.0 Å². The minimum atomic E-state index is -0.699. The normalized spacial score (nSPS) is 14.4. The molecule has 7 nitrogen and oxygen atoms in total. The molecule has 0 bridgehead atoms. The molecule has 1 aromatic carbocycles. The number of benzene rings is 1. The van der Waals surface area contributed by atoms with Crippen LogP contribution >= 0.6 is 0 Å². The van der Waals surface area contributed by atoms with Crippen LogP contribution in [0, 0.1) is 10.1 Å². The number of hydrogen-bond acceptors (Lipinski definition) is 5. The molecule has 1 aromatic rings. The number of hydrogen-bond donors (Lipinski definition) is 1. The molecule has 0 fully saturated rings. The van der Waals surface area contributed by atoms with E-state index in [1.165, 1.54) is 11.0 Å². The van der Waals surface area contributed by atoms with Crippen molar-refractivity contribution < 1.29 is 19.6 Å². The van der Waals surface area contributed by atoms with E-state index in [1.54, 1.807) is 0 Å². The molecule has 1 heterocycles. The van der Waals surface area contributed by atoms with Crippen LogP contribution in [0.5, 0.6) is 11.5 Å². The second-order valence-electron chi connectivity index (χ2n) is 4.21. The summed E-state index contributed by atoms with van der Waals surface area (Å²) in [6.07, 6.45) is 0. The lowest BCUT2D eigenvalue weighted by molar-refractivity contribution is -0.385. The zero-order valence-corrected chi connectivity index (χ0v) is 9.91. The molecule has 0 radical (unpaired) electrons. The van der Waals surface area contributed by atoms with E-state index in [1.807, 2.05) is 13.8 Å². The maximum Gasteiger partial charge on any atom is 0.314 e. The number of carbonyl (C=O) groups is 1. The second kappa shape index (κ2) is 4.17. The Labute approximate surface area is 103 Å². The van der Waals surface area contributed by atoms with Crippen molar-refractivity contribution in [3.63, 3.8) is 0 Å². The Kier molecular flexibility index (Phi) is 2.82. The molecule has 1 aliphatic rings. The number of phenolic OH excluding ortho intramolecular Hbond substituents is 1. The number of ether oxygens (including phenoxy) is 1. The van der Waals surface area contributed by atoms with Crippen LogP contribution in [0.15, 0.2) is 12.1 Å². The number of nitrogens with zero attached hydrogens (tertiary/aromatic N) is 2. The first-order chi connectivity index (χ1) is 8.41. The summed E-state index contributed by atoms with van der Waals surface area (Å²) in [5.74, 6) is -0.499. The van der Waals surface area contributed by atoms with Crippen molar-refractivity contribution in [2.24, 2.45) is 0 Å². The van der Waals surface area contributed by atoms with Crippen molar-refractivity contribution in [2.45, 2.75) is 19.9 Å². The van der Waals surface area contributed by atoms with Crippen LogP contribution < -0.4 is 9.64 Å². The van der Waals surface area contributed by atoms with Crippen molar-refractivity contribution >= 4 is 17.3 Å².